The smallest absolute Gasteiger partial charge is 0.231 e. The minimum Gasteiger partial charge on any atom is -0.354 e. The summed E-state index contributed by atoms with van der Waals surface area (Å²) in [6.45, 7) is 4.01. The van der Waals surface area contributed by atoms with Gasteiger partial charge in [-0.3, -0.25) is 0 Å². The third kappa shape index (κ3) is 3.39. The minimum atomic E-state index is 0.288. The lowest BCUT2D eigenvalue weighted by Gasteiger charge is -2.29. The summed E-state index contributed by atoms with van der Waals surface area (Å²) in [4.78, 5) is 15.5. The zero-order chi connectivity index (χ0) is 14.7. The molecule has 0 amide bonds. The van der Waals surface area contributed by atoms with E-state index in [9.17, 15) is 0 Å². The highest BCUT2D eigenvalue weighted by molar-refractivity contribution is 6.28. The summed E-state index contributed by atoms with van der Waals surface area (Å²) in [6.07, 6.45) is 8.95. The van der Waals surface area contributed by atoms with E-state index in [2.05, 4.69) is 32.1 Å². The molecule has 1 N–H and O–H groups in total. The zero-order valence-corrected chi connectivity index (χ0v) is 13.4. The number of rotatable bonds is 5. The standard InChI is InChI=1S/C15H24ClN5/c1-2-9-17-14-18-13(16)19-15(20-14)21-10-5-8-12(21)11-6-3-4-7-11/h11-12H,2-10H2,1H3,(H,17,18,19,20). The first kappa shape index (κ1) is 14.8. The maximum atomic E-state index is 6.09. The van der Waals surface area contributed by atoms with Gasteiger partial charge in [-0.25, -0.2) is 0 Å². The first-order valence-electron chi connectivity index (χ1n) is 8.20. The Bertz CT molecular complexity index is 475. The number of halogens is 1. The van der Waals surface area contributed by atoms with Crippen molar-refractivity contribution in [1.29, 1.82) is 0 Å². The van der Waals surface area contributed by atoms with Crippen LogP contribution < -0.4 is 10.2 Å². The number of aromatic nitrogens is 3. The number of anilines is 2. The molecular weight excluding hydrogens is 286 g/mol. The van der Waals surface area contributed by atoms with E-state index in [-0.39, 0.29) is 5.28 Å². The molecule has 2 fully saturated rings. The van der Waals surface area contributed by atoms with Gasteiger partial charge in [-0.15, -0.1) is 0 Å². The van der Waals surface area contributed by atoms with Crippen molar-refractivity contribution in [3.63, 3.8) is 0 Å². The van der Waals surface area contributed by atoms with Crippen LogP contribution in [-0.2, 0) is 0 Å². The van der Waals surface area contributed by atoms with Crippen molar-refractivity contribution in [3.8, 4) is 0 Å². The van der Waals surface area contributed by atoms with Gasteiger partial charge < -0.3 is 10.2 Å². The summed E-state index contributed by atoms with van der Waals surface area (Å²) in [5.41, 5.74) is 0. The average Bonchev–Trinajstić information content (AvgIpc) is 3.14. The molecule has 3 rings (SSSR count). The molecule has 1 aromatic heterocycles. The van der Waals surface area contributed by atoms with Gasteiger partial charge in [0.05, 0.1) is 0 Å². The predicted molar refractivity (Wildman–Crippen MR) is 85.9 cm³/mol. The van der Waals surface area contributed by atoms with Crippen molar-refractivity contribution in [2.45, 2.75) is 57.9 Å². The molecule has 116 valence electrons. The van der Waals surface area contributed by atoms with E-state index < -0.39 is 0 Å². The summed E-state index contributed by atoms with van der Waals surface area (Å²) in [6, 6.07) is 0.588. The van der Waals surface area contributed by atoms with Gasteiger partial charge in [0.15, 0.2) is 0 Å². The van der Waals surface area contributed by atoms with E-state index in [1.54, 1.807) is 0 Å². The van der Waals surface area contributed by atoms with E-state index in [4.69, 9.17) is 11.6 Å². The molecule has 2 heterocycles. The minimum absolute atomic E-state index is 0.288. The van der Waals surface area contributed by atoms with Crippen LogP contribution in [0, 0.1) is 5.92 Å². The van der Waals surface area contributed by atoms with Crippen LogP contribution in [0.5, 0.6) is 0 Å². The van der Waals surface area contributed by atoms with Crippen LogP contribution >= 0.6 is 11.6 Å². The lowest BCUT2D eigenvalue weighted by molar-refractivity contribution is 0.427. The number of hydrogen-bond acceptors (Lipinski definition) is 5. The third-order valence-corrected chi connectivity index (χ3v) is 4.80. The molecule has 1 saturated carbocycles. The summed E-state index contributed by atoms with van der Waals surface area (Å²) >= 11 is 6.09. The Morgan fingerprint density at radius 1 is 1.14 bits per heavy atom. The summed E-state index contributed by atoms with van der Waals surface area (Å²) in [5.74, 6) is 2.15. The van der Waals surface area contributed by atoms with Gasteiger partial charge in [0.1, 0.15) is 0 Å². The van der Waals surface area contributed by atoms with Gasteiger partial charge in [-0.05, 0) is 49.6 Å². The van der Waals surface area contributed by atoms with E-state index >= 15 is 0 Å². The second kappa shape index (κ2) is 6.77. The average molecular weight is 310 g/mol. The monoisotopic (exact) mass is 309 g/mol. The van der Waals surface area contributed by atoms with E-state index in [0.29, 0.717) is 12.0 Å². The highest BCUT2D eigenvalue weighted by Gasteiger charge is 2.34. The Hall–Kier alpha value is -1.10. The van der Waals surface area contributed by atoms with Crippen molar-refractivity contribution in [2.75, 3.05) is 23.3 Å². The summed E-state index contributed by atoms with van der Waals surface area (Å²) < 4.78 is 0. The molecule has 6 heteroatoms. The van der Waals surface area contributed by atoms with E-state index in [1.807, 2.05) is 0 Å². The lowest BCUT2D eigenvalue weighted by Crippen LogP contribution is -2.36. The number of nitrogens with one attached hydrogen (secondary N) is 1. The Morgan fingerprint density at radius 3 is 2.71 bits per heavy atom. The topological polar surface area (TPSA) is 53.9 Å². The van der Waals surface area contributed by atoms with Crippen LogP contribution in [0.3, 0.4) is 0 Å². The van der Waals surface area contributed by atoms with Gasteiger partial charge in [-0.2, -0.15) is 15.0 Å². The summed E-state index contributed by atoms with van der Waals surface area (Å²) in [5, 5.41) is 3.50. The number of hydrogen-bond donors (Lipinski definition) is 1. The van der Waals surface area contributed by atoms with Crippen LogP contribution in [0.15, 0.2) is 0 Å². The molecule has 0 bridgehead atoms. The largest absolute Gasteiger partial charge is 0.354 e. The van der Waals surface area contributed by atoms with E-state index in [1.165, 1.54) is 38.5 Å². The van der Waals surface area contributed by atoms with Crippen LogP contribution in [0.4, 0.5) is 11.9 Å². The molecule has 1 atom stereocenters. The van der Waals surface area contributed by atoms with Crippen molar-refractivity contribution < 1.29 is 0 Å². The molecule has 0 spiro atoms. The number of nitrogens with zero attached hydrogens (tertiary/aromatic N) is 4. The van der Waals surface area contributed by atoms with Gasteiger partial charge in [0.25, 0.3) is 0 Å². The quantitative estimate of drug-likeness (QED) is 0.902. The molecule has 21 heavy (non-hydrogen) atoms. The fourth-order valence-electron chi connectivity index (χ4n) is 3.66. The maximum absolute atomic E-state index is 6.09. The summed E-state index contributed by atoms with van der Waals surface area (Å²) in [7, 11) is 0. The van der Waals surface area contributed by atoms with Crippen molar-refractivity contribution in [2.24, 2.45) is 5.92 Å². The van der Waals surface area contributed by atoms with Gasteiger partial charge in [0, 0.05) is 19.1 Å². The first-order valence-corrected chi connectivity index (χ1v) is 8.58. The Balaban J connectivity index is 1.79. The SMILES string of the molecule is CCCNc1nc(Cl)nc(N2CCCC2C2CCCC2)n1. The molecule has 1 saturated heterocycles. The van der Waals surface area contributed by atoms with Crippen LogP contribution in [-0.4, -0.2) is 34.1 Å². The molecule has 1 unspecified atom stereocenters. The molecule has 0 aromatic carbocycles. The predicted octanol–water partition coefficient (Wildman–Crippen LogP) is 3.51. The third-order valence-electron chi connectivity index (χ3n) is 4.63. The molecule has 2 aliphatic rings. The Labute approximate surface area is 131 Å². The van der Waals surface area contributed by atoms with Crippen LogP contribution in [0.2, 0.25) is 5.28 Å². The Kier molecular flexibility index (Phi) is 4.78. The highest BCUT2D eigenvalue weighted by atomic mass is 35.5. The van der Waals surface area contributed by atoms with Crippen molar-refractivity contribution in [1.82, 2.24) is 15.0 Å². The first-order chi connectivity index (χ1) is 10.3. The van der Waals surface area contributed by atoms with Gasteiger partial charge >= 0.3 is 0 Å². The molecule has 0 radical (unpaired) electrons. The van der Waals surface area contributed by atoms with Gasteiger partial charge in [-0.1, -0.05) is 19.8 Å². The second-order valence-electron chi connectivity index (χ2n) is 6.10. The van der Waals surface area contributed by atoms with Crippen LogP contribution in [0.25, 0.3) is 0 Å². The Morgan fingerprint density at radius 2 is 1.95 bits per heavy atom. The normalized spacial score (nSPS) is 23.0. The van der Waals surface area contributed by atoms with Crippen LogP contribution in [0.1, 0.15) is 51.9 Å². The lowest BCUT2D eigenvalue weighted by atomic mass is 9.96. The second-order valence-corrected chi connectivity index (χ2v) is 6.44. The maximum Gasteiger partial charge on any atom is 0.231 e. The molecule has 1 aromatic rings. The molecule has 1 aliphatic heterocycles. The van der Waals surface area contributed by atoms with Gasteiger partial charge in [0.2, 0.25) is 17.2 Å². The van der Waals surface area contributed by atoms with E-state index in [0.717, 1.165) is 31.4 Å². The zero-order valence-electron chi connectivity index (χ0n) is 12.7. The van der Waals surface area contributed by atoms with Crippen molar-refractivity contribution >= 4 is 23.5 Å². The fraction of sp³-hybridized carbons (Fsp3) is 0.800. The molecule has 5 nitrogen and oxygen atoms in total. The molecular formula is C15H24ClN5. The molecule has 1 aliphatic carbocycles. The fourth-order valence-corrected chi connectivity index (χ4v) is 3.81. The van der Waals surface area contributed by atoms with Crippen molar-refractivity contribution in [3.05, 3.63) is 5.28 Å². The highest BCUT2D eigenvalue weighted by Crippen LogP contribution is 2.37.